The maximum absolute atomic E-state index is 12.6. The van der Waals surface area contributed by atoms with Gasteiger partial charge in [0.15, 0.2) is 0 Å². The summed E-state index contributed by atoms with van der Waals surface area (Å²) in [6, 6.07) is 1.75. The number of aryl methyl sites for hydroxylation is 1. The molecule has 0 aliphatic heterocycles. The molecular weight excluding hydrogens is 302 g/mol. The van der Waals surface area contributed by atoms with E-state index in [4.69, 9.17) is 11.6 Å². The van der Waals surface area contributed by atoms with Gasteiger partial charge in [0.05, 0.1) is 5.88 Å². The lowest BCUT2D eigenvalue weighted by Gasteiger charge is -2.30. The van der Waals surface area contributed by atoms with Gasteiger partial charge < -0.3 is 0 Å². The number of hydrogen-bond acceptors (Lipinski definition) is 3. The maximum Gasteiger partial charge on any atom is 0.252 e. The van der Waals surface area contributed by atoms with Gasteiger partial charge >= 0.3 is 0 Å². The lowest BCUT2D eigenvalue weighted by molar-refractivity contribution is 0.250. The molecule has 0 radical (unpaired) electrons. The van der Waals surface area contributed by atoms with Crippen molar-refractivity contribution in [2.75, 3.05) is 13.1 Å². The molecule has 2 rings (SSSR count). The van der Waals surface area contributed by atoms with E-state index < -0.39 is 10.0 Å². The third kappa shape index (κ3) is 3.15. The Kier molecular flexibility index (Phi) is 4.93. The Morgan fingerprint density at radius 2 is 2.16 bits per heavy atom. The van der Waals surface area contributed by atoms with Gasteiger partial charge in [-0.05, 0) is 37.3 Å². The highest BCUT2D eigenvalue weighted by Gasteiger charge is 2.29. The molecule has 1 aliphatic rings. The number of thiophene rings is 1. The molecule has 1 aromatic rings. The molecule has 1 aromatic heterocycles. The summed E-state index contributed by atoms with van der Waals surface area (Å²) in [5.41, 5.74) is 0.971. The van der Waals surface area contributed by atoms with E-state index in [1.807, 2.05) is 13.8 Å². The van der Waals surface area contributed by atoms with Crippen LogP contribution in [0.1, 0.15) is 36.6 Å². The third-order valence-corrected chi connectivity index (χ3v) is 7.81. The first kappa shape index (κ1) is 15.3. The van der Waals surface area contributed by atoms with Gasteiger partial charge in [0.1, 0.15) is 4.21 Å². The van der Waals surface area contributed by atoms with Gasteiger partial charge in [0, 0.05) is 18.0 Å². The van der Waals surface area contributed by atoms with Crippen molar-refractivity contribution in [1.82, 2.24) is 4.31 Å². The molecule has 1 aliphatic carbocycles. The molecule has 0 aromatic carbocycles. The zero-order valence-electron chi connectivity index (χ0n) is 11.4. The molecule has 1 saturated carbocycles. The van der Waals surface area contributed by atoms with Crippen molar-refractivity contribution in [1.29, 1.82) is 0 Å². The van der Waals surface area contributed by atoms with Crippen LogP contribution < -0.4 is 0 Å². The zero-order chi connectivity index (χ0) is 14.0. The van der Waals surface area contributed by atoms with Crippen molar-refractivity contribution < 1.29 is 8.42 Å². The van der Waals surface area contributed by atoms with Crippen LogP contribution >= 0.6 is 22.9 Å². The number of hydrogen-bond donors (Lipinski definition) is 0. The molecule has 0 unspecified atom stereocenters. The number of rotatable bonds is 6. The molecule has 108 valence electrons. The van der Waals surface area contributed by atoms with Gasteiger partial charge in [-0.25, -0.2) is 8.42 Å². The zero-order valence-corrected chi connectivity index (χ0v) is 13.7. The van der Waals surface area contributed by atoms with E-state index in [1.54, 1.807) is 10.4 Å². The van der Waals surface area contributed by atoms with Crippen molar-refractivity contribution in [2.45, 2.75) is 43.2 Å². The SMILES string of the molecule is CCN(CC1CCC1)S(=O)(=O)c1cc(C)c(CCl)s1. The number of halogens is 1. The number of alkyl halides is 1. The topological polar surface area (TPSA) is 37.4 Å². The molecule has 1 fully saturated rings. The molecule has 0 saturated heterocycles. The molecule has 3 nitrogen and oxygen atoms in total. The molecule has 0 amide bonds. The van der Waals surface area contributed by atoms with E-state index in [-0.39, 0.29) is 0 Å². The minimum Gasteiger partial charge on any atom is -0.206 e. The standard InChI is InChI=1S/C13H20ClNO2S2/c1-3-15(9-11-5-4-6-11)19(16,17)13-7-10(2)12(8-14)18-13/h7,11H,3-6,8-9H2,1-2H3. The lowest BCUT2D eigenvalue weighted by Crippen LogP contribution is -2.36. The number of sulfonamides is 1. The molecule has 0 spiro atoms. The van der Waals surface area contributed by atoms with E-state index in [9.17, 15) is 8.42 Å². The van der Waals surface area contributed by atoms with Gasteiger partial charge in [0.2, 0.25) is 0 Å². The van der Waals surface area contributed by atoms with E-state index in [2.05, 4.69) is 0 Å². The quantitative estimate of drug-likeness (QED) is 0.751. The molecular formula is C13H20ClNO2S2. The van der Waals surface area contributed by atoms with Crippen LogP contribution in [0.3, 0.4) is 0 Å². The van der Waals surface area contributed by atoms with Crippen LogP contribution in [-0.2, 0) is 15.9 Å². The highest BCUT2D eigenvalue weighted by atomic mass is 35.5. The monoisotopic (exact) mass is 321 g/mol. The summed E-state index contributed by atoms with van der Waals surface area (Å²) in [6.45, 7) is 5.01. The van der Waals surface area contributed by atoms with Crippen LogP contribution in [0.4, 0.5) is 0 Å². The van der Waals surface area contributed by atoms with E-state index in [0.29, 0.717) is 29.1 Å². The third-order valence-electron chi connectivity index (χ3n) is 3.75. The predicted octanol–water partition coefficient (Wildman–Crippen LogP) is 3.61. The van der Waals surface area contributed by atoms with Crippen molar-refractivity contribution in [3.63, 3.8) is 0 Å². The summed E-state index contributed by atoms with van der Waals surface area (Å²) < 4.78 is 27.3. The van der Waals surface area contributed by atoms with Crippen LogP contribution in [0.25, 0.3) is 0 Å². The van der Waals surface area contributed by atoms with Crippen molar-refractivity contribution >= 4 is 33.0 Å². The predicted molar refractivity (Wildman–Crippen MR) is 80.4 cm³/mol. The average Bonchev–Trinajstić information content (AvgIpc) is 2.69. The summed E-state index contributed by atoms with van der Waals surface area (Å²) in [5.74, 6) is 0.920. The minimum absolute atomic E-state index is 0.376. The summed E-state index contributed by atoms with van der Waals surface area (Å²) in [5, 5.41) is 0. The molecule has 0 bridgehead atoms. The van der Waals surface area contributed by atoms with Crippen molar-refractivity contribution in [3.8, 4) is 0 Å². The van der Waals surface area contributed by atoms with Crippen LogP contribution in [0, 0.1) is 12.8 Å². The Bertz CT molecular complexity index is 535. The molecule has 19 heavy (non-hydrogen) atoms. The lowest BCUT2D eigenvalue weighted by atomic mass is 9.85. The van der Waals surface area contributed by atoms with Crippen molar-refractivity contribution in [3.05, 3.63) is 16.5 Å². The van der Waals surface area contributed by atoms with Gasteiger partial charge in [-0.1, -0.05) is 13.3 Å². The fourth-order valence-electron chi connectivity index (χ4n) is 2.24. The second-order valence-electron chi connectivity index (χ2n) is 5.06. The Labute approximate surface area is 124 Å². The van der Waals surface area contributed by atoms with E-state index in [0.717, 1.165) is 23.3 Å². The van der Waals surface area contributed by atoms with Gasteiger partial charge in [0.25, 0.3) is 10.0 Å². The summed E-state index contributed by atoms with van der Waals surface area (Å²) in [7, 11) is -3.34. The summed E-state index contributed by atoms with van der Waals surface area (Å²) in [6.07, 6.45) is 3.54. The van der Waals surface area contributed by atoms with Crippen molar-refractivity contribution in [2.24, 2.45) is 5.92 Å². The molecule has 0 atom stereocenters. The first-order chi connectivity index (χ1) is 8.98. The van der Waals surface area contributed by atoms with Crippen LogP contribution in [0.5, 0.6) is 0 Å². The first-order valence-corrected chi connectivity index (χ1v) is 9.43. The Hall–Kier alpha value is -0.100. The smallest absolute Gasteiger partial charge is 0.206 e. The molecule has 6 heteroatoms. The Morgan fingerprint density at radius 1 is 1.47 bits per heavy atom. The second kappa shape index (κ2) is 6.12. The summed E-state index contributed by atoms with van der Waals surface area (Å²) in [4.78, 5) is 0.944. The van der Waals surface area contributed by atoms with Crippen LogP contribution in [-0.4, -0.2) is 25.8 Å². The normalized spacial score (nSPS) is 16.8. The van der Waals surface area contributed by atoms with Gasteiger partial charge in [-0.3, -0.25) is 0 Å². The average molecular weight is 322 g/mol. The fourth-order valence-corrected chi connectivity index (χ4v) is 5.73. The maximum atomic E-state index is 12.6. The second-order valence-corrected chi connectivity index (χ2v) is 8.63. The van der Waals surface area contributed by atoms with Gasteiger partial charge in [-0.2, -0.15) is 4.31 Å². The highest BCUT2D eigenvalue weighted by Crippen LogP contribution is 2.32. The van der Waals surface area contributed by atoms with E-state index >= 15 is 0 Å². The fraction of sp³-hybridized carbons (Fsp3) is 0.692. The van der Waals surface area contributed by atoms with Crippen LogP contribution in [0.2, 0.25) is 0 Å². The molecule has 1 heterocycles. The van der Waals surface area contributed by atoms with E-state index in [1.165, 1.54) is 17.8 Å². The first-order valence-electron chi connectivity index (χ1n) is 6.64. The summed E-state index contributed by atoms with van der Waals surface area (Å²) >= 11 is 7.13. The largest absolute Gasteiger partial charge is 0.252 e. The minimum atomic E-state index is -3.34. The molecule has 0 N–H and O–H groups in total. The van der Waals surface area contributed by atoms with Gasteiger partial charge in [-0.15, -0.1) is 22.9 Å². The number of nitrogens with zero attached hydrogens (tertiary/aromatic N) is 1. The highest BCUT2D eigenvalue weighted by molar-refractivity contribution is 7.91. The Morgan fingerprint density at radius 3 is 2.58 bits per heavy atom. The van der Waals surface area contributed by atoms with Crippen LogP contribution in [0.15, 0.2) is 10.3 Å². The Balaban J connectivity index is 2.22.